The second kappa shape index (κ2) is 8.19. The summed E-state index contributed by atoms with van der Waals surface area (Å²) in [5.74, 6) is 0. The van der Waals surface area contributed by atoms with Gasteiger partial charge in [0, 0.05) is 4.75 Å². The van der Waals surface area contributed by atoms with Crippen molar-refractivity contribution >= 4 is 11.8 Å². The highest BCUT2D eigenvalue weighted by Gasteiger charge is 2.15. The lowest BCUT2D eigenvalue weighted by Crippen LogP contribution is -2.13. The minimum absolute atomic E-state index is 0. The maximum absolute atomic E-state index is 3.88. The molecular weight excluding hydrogens is 152 g/mol. The molecule has 70 valence electrons. The molecule has 11 heavy (non-hydrogen) atoms. The van der Waals surface area contributed by atoms with Gasteiger partial charge in [-0.2, -0.15) is 11.8 Å². The zero-order valence-corrected chi connectivity index (χ0v) is 8.93. The molecule has 0 saturated heterocycles. The molecule has 0 amide bonds. The van der Waals surface area contributed by atoms with Gasteiger partial charge in [-0.05, 0) is 27.0 Å². The monoisotopic (exact) mass is 176 g/mol. The molecule has 0 aliphatic rings. The van der Waals surface area contributed by atoms with Gasteiger partial charge in [0.15, 0.2) is 0 Å². The fourth-order valence-electron chi connectivity index (χ4n) is 0.174. The van der Waals surface area contributed by atoms with Crippen LogP contribution in [-0.2, 0) is 0 Å². The van der Waals surface area contributed by atoms with Gasteiger partial charge in [-0.3, -0.25) is 0 Å². The van der Waals surface area contributed by atoms with Crippen molar-refractivity contribution in [3.8, 4) is 0 Å². The van der Waals surface area contributed by atoms with Crippen LogP contribution in [0.25, 0.3) is 0 Å². The van der Waals surface area contributed by atoms with Crippen LogP contribution < -0.4 is 0 Å². The molecule has 0 aromatic rings. The Hall–Kier alpha value is 0.0900. The maximum Gasteiger partial charge on any atom is 0.0303 e. The molecule has 0 unspecified atom stereocenters. The summed E-state index contributed by atoms with van der Waals surface area (Å²) in [6.07, 6.45) is 2.11. The first-order valence-corrected chi connectivity index (χ1v) is 4.94. The zero-order chi connectivity index (χ0) is 8.78. The van der Waals surface area contributed by atoms with Crippen molar-refractivity contribution in [2.45, 2.75) is 46.8 Å². The van der Waals surface area contributed by atoms with E-state index in [-0.39, 0.29) is 12.2 Å². The van der Waals surface area contributed by atoms with E-state index in [0.717, 1.165) is 0 Å². The summed E-state index contributed by atoms with van der Waals surface area (Å²) in [7, 11) is 0. The molecule has 0 radical (unpaired) electrons. The molecule has 0 fully saturated rings. The van der Waals surface area contributed by atoms with Gasteiger partial charge in [0.2, 0.25) is 0 Å². The van der Waals surface area contributed by atoms with Gasteiger partial charge >= 0.3 is 0 Å². The average Bonchev–Trinajstić information content (AvgIpc) is 1.92. The summed E-state index contributed by atoms with van der Waals surface area (Å²) in [5.41, 5.74) is 1.24. The molecule has 0 aliphatic carbocycles. The smallest absolute Gasteiger partial charge is 0.0303 e. The molecule has 0 atom stereocenters. The largest absolute Gasteiger partial charge is 0.155 e. The highest BCUT2D eigenvalue weighted by atomic mass is 32.2. The van der Waals surface area contributed by atoms with Gasteiger partial charge < -0.3 is 0 Å². The first kappa shape index (κ1) is 17.3. The van der Waals surface area contributed by atoms with Crippen LogP contribution in [-0.4, -0.2) is 11.0 Å². The van der Waals surface area contributed by atoms with Crippen LogP contribution in [0.2, 0.25) is 0 Å². The van der Waals surface area contributed by atoms with Crippen molar-refractivity contribution in [3.63, 3.8) is 0 Å². The number of rotatable bonds is 2. The van der Waals surface area contributed by atoms with E-state index in [1.807, 2.05) is 25.6 Å². The third kappa shape index (κ3) is 7.99. The van der Waals surface area contributed by atoms with Crippen LogP contribution in [0.4, 0.5) is 0 Å². The Balaban J connectivity index is -0.000000196. The molecule has 1 heteroatoms. The molecular formula is C10H24S. The van der Waals surface area contributed by atoms with E-state index >= 15 is 0 Å². The normalized spacial score (nSPS) is 8.91. The van der Waals surface area contributed by atoms with Crippen molar-refractivity contribution < 1.29 is 0 Å². The first-order valence-electron chi connectivity index (χ1n) is 3.72. The van der Waals surface area contributed by atoms with E-state index in [9.17, 15) is 0 Å². The van der Waals surface area contributed by atoms with Crippen LogP contribution >= 0.6 is 11.8 Å². The van der Waals surface area contributed by atoms with Crippen molar-refractivity contribution in [1.29, 1.82) is 0 Å². The van der Waals surface area contributed by atoms with Crippen molar-refractivity contribution in [2.24, 2.45) is 0 Å². The lowest BCUT2D eigenvalue weighted by molar-refractivity contribution is 0.840. The Morgan fingerprint density at radius 3 is 1.55 bits per heavy atom. The average molecular weight is 176 g/mol. The van der Waals surface area contributed by atoms with E-state index in [1.165, 1.54) is 5.57 Å². The Kier molecular flexibility index (Phi) is 12.8. The van der Waals surface area contributed by atoms with Crippen molar-refractivity contribution in [2.75, 3.05) is 6.26 Å². The standard InChI is InChI=1S/C7H14S.C2H6.CH4/c1-6(2)7(3,4)8-5;1-2;/h1H2,2-5H3;1-2H3;1H4. The molecule has 0 bridgehead atoms. The van der Waals surface area contributed by atoms with Crippen LogP contribution in [0, 0.1) is 0 Å². The van der Waals surface area contributed by atoms with Gasteiger partial charge in [0.25, 0.3) is 0 Å². The SMILES string of the molecule is C.C=C(C)C(C)(C)SC.CC. The predicted octanol–water partition coefficient (Wildman–Crippen LogP) is 4.37. The van der Waals surface area contributed by atoms with E-state index in [0.29, 0.717) is 0 Å². The number of thioether (sulfide) groups is 1. The Labute approximate surface area is 77.5 Å². The molecule has 0 aromatic carbocycles. The van der Waals surface area contributed by atoms with Crippen LogP contribution in [0.15, 0.2) is 12.2 Å². The fourth-order valence-corrected chi connectivity index (χ4v) is 0.523. The van der Waals surface area contributed by atoms with Gasteiger partial charge in [-0.15, -0.1) is 0 Å². The summed E-state index contributed by atoms with van der Waals surface area (Å²) >= 11 is 1.84. The fraction of sp³-hybridized carbons (Fsp3) is 0.800. The minimum atomic E-state index is 0. The summed E-state index contributed by atoms with van der Waals surface area (Å²) in [5, 5.41) is 0. The van der Waals surface area contributed by atoms with Crippen molar-refractivity contribution in [1.82, 2.24) is 0 Å². The maximum atomic E-state index is 3.88. The highest BCUT2D eigenvalue weighted by molar-refractivity contribution is 8.00. The topological polar surface area (TPSA) is 0 Å². The third-order valence-electron chi connectivity index (χ3n) is 1.54. The van der Waals surface area contributed by atoms with E-state index in [2.05, 4.69) is 33.6 Å². The van der Waals surface area contributed by atoms with Crippen molar-refractivity contribution in [3.05, 3.63) is 12.2 Å². The highest BCUT2D eigenvalue weighted by Crippen LogP contribution is 2.27. The van der Waals surface area contributed by atoms with E-state index in [1.54, 1.807) is 0 Å². The molecule has 0 N–H and O–H groups in total. The van der Waals surface area contributed by atoms with Gasteiger partial charge in [0.05, 0.1) is 0 Å². The van der Waals surface area contributed by atoms with Crippen LogP contribution in [0.5, 0.6) is 0 Å². The summed E-state index contributed by atoms with van der Waals surface area (Å²) < 4.78 is 0.264. The molecule has 0 rings (SSSR count). The third-order valence-corrected chi connectivity index (χ3v) is 2.91. The molecule has 0 aliphatic heterocycles. The van der Waals surface area contributed by atoms with Gasteiger partial charge in [-0.1, -0.05) is 33.4 Å². The van der Waals surface area contributed by atoms with Gasteiger partial charge in [0.1, 0.15) is 0 Å². The molecule has 0 nitrogen and oxygen atoms in total. The second-order valence-corrected chi connectivity index (χ2v) is 3.92. The van der Waals surface area contributed by atoms with Crippen LogP contribution in [0.3, 0.4) is 0 Å². The molecule has 0 saturated carbocycles. The first-order chi connectivity index (χ1) is 4.50. The van der Waals surface area contributed by atoms with E-state index in [4.69, 9.17) is 0 Å². The minimum Gasteiger partial charge on any atom is -0.155 e. The lowest BCUT2D eigenvalue weighted by atomic mass is 10.1. The zero-order valence-electron chi connectivity index (χ0n) is 8.12. The summed E-state index contributed by atoms with van der Waals surface area (Å²) in [6.45, 7) is 14.3. The molecule has 0 spiro atoms. The Bertz CT molecular complexity index is 93.0. The Morgan fingerprint density at radius 1 is 1.27 bits per heavy atom. The van der Waals surface area contributed by atoms with Gasteiger partial charge in [-0.25, -0.2) is 0 Å². The summed E-state index contributed by atoms with van der Waals surface area (Å²) in [4.78, 5) is 0. The quantitative estimate of drug-likeness (QED) is 0.563. The number of hydrogen-bond acceptors (Lipinski definition) is 1. The lowest BCUT2D eigenvalue weighted by Gasteiger charge is -2.21. The summed E-state index contributed by atoms with van der Waals surface area (Å²) in [6, 6.07) is 0. The number of hydrogen-bond donors (Lipinski definition) is 0. The Morgan fingerprint density at radius 2 is 1.55 bits per heavy atom. The predicted molar refractivity (Wildman–Crippen MR) is 60.5 cm³/mol. The molecule has 0 heterocycles. The molecule has 0 aromatic heterocycles. The van der Waals surface area contributed by atoms with E-state index < -0.39 is 0 Å². The van der Waals surface area contributed by atoms with Crippen LogP contribution in [0.1, 0.15) is 42.0 Å². The second-order valence-electron chi connectivity index (χ2n) is 2.49.